The van der Waals surface area contributed by atoms with Gasteiger partial charge in [-0.25, -0.2) is 0 Å². The predicted octanol–water partition coefficient (Wildman–Crippen LogP) is 3.30. The number of nitrogens with one attached hydrogen (secondary N) is 2. The third-order valence-corrected chi connectivity index (χ3v) is 6.57. The first kappa shape index (κ1) is 21.6. The summed E-state index contributed by atoms with van der Waals surface area (Å²) in [6.07, 6.45) is 10.5. The van der Waals surface area contributed by atoms with Crippen molar-refractivity contribution in [2.24, 2.45) is 0 Å². The summed E-state index contributed by atoms with van der Waals surface area (Å²) in [7, 11) is 0. The molecule has 1 aliphatic carbocycles. The highest BCUT2D eigenvalue weighted by molar-refractivity contribution is 7.99. The lowest BCUT2D eigenvalue weighted by molar-refractivity contribution is -0.121. The molecule has 1 fully saturated rings. The van der Waals surface area contributed by atoms with Crippen molar-refractivity contribution in [2.75, 3.05) is 18.8 Å². The van der Waals surface area contributed by atoms with Crippen LogP contribution in [0.5, 0.6) is 0 Å². The quantitative estimate of drug-likeness (QED) is 0.657. The van der Waals surface area contributed by atoms with Gasteiger partial charge in [0, 0.05) is 37.7 Å². The summed E-state index contributed by atoms with van der Waals surface area (Å²) in [6.45, 7) is 3.73. The van der Waals surface area contributed by atoms with Crippen LogP contribution in [0, 0.1) is 0 Å². The minimum atomic E-state index is 0. The molecular formula is C19H33ClN4OS. The van der Waals surface area contributed by atoms with E-state index in [1.807, 2.05) is 0 Å². The molecule has 1 amide bonds. The van der Waals surface area contributed by atoms with Crippen molar-refractivity contribution in [2.45, 2.75) is 76.1 Å². The first-order valence-electron chi connectivity index (χ1n) is 9.96. The van der Waals surface area contributed by atoms with Crippen LogP contribution in [0.25, 0.3) is 0 Å². The van der Waals surface area contributed by atoms with Crippen molar-refractivity contribution < 1.29 is 4.79 Å². The van der Waals surface area contributed by atoms with Gasteiger partial charge in [0.2, 0.25) is 5.91 Å². The molecule has 3 rings (SSSR count). The zero-order valence-electron chi connectivity index (χ0n) is 15.7. The van der Waals surface area contributed by atoms with Crippen LogP contribution < -0.4 is 10.6 Å². The monoisotopic (exact) mass is 400 g/mol. The van der Waals surface area contributed by atoms with Gasteiger partial charge in [0.1, 0.15) is 0 Å². The Kier molecular flexibility index (Phi) is 9.86. The SMILES string of the molecule is Cl.O=C(CCc1cc2n(n1)CCCNC2)NCCCSC1CCCCC1. The van der Waals surface area contributed by atoms with Crippen LogP contribution in [0.15, 0.2) is 6.07 Å². The minimum Gasteiger partial charge on any atom is -0.356 e. The highest BCUT2D eigenvalue weighted by atomic mass is 35.5. The fourth-order valence-corrected chi connectivity index (χ4v) is 4.97. The topological polar surface area (TPSA) is 59.0 Å². The van der Waals surface area contributed by atoms with Gasteiger partial charge in [-0.3, -0.25) is 9.48 Å². The fraction of sp³-hybridized carbons (Fsp3) is 0.789. The second kappa shape index (κ2) is 11.9. The number of carbonyl (C=O) groups excluding carboxylic acids is 1. The number of amides is 1. The van der Waals surface area contributed by atoms with E-state index < -0.39 is 0 Å². The highest BCUT2D eigenvalue weighted by Crippen LogP contribution is 2.28. The molecule has 0 atom stereocenters. The third-order valence-electron chi connectivity index (χ3n) is 5.10. The Morgan fingerprint density at radius 2 is 2.15 bits per heavy atom. The van der Waals surface area contributed by atoms with Crippen molar-refractivity contribution in [3.63, 3.8) is 0 Å². The third kappa shape index (κ3) is 7.12. The summed E-state index contributed by atoms with van der Waals surface area (Å²) in [6, 6.07) is 2.15. The number of thioether (sulfide) groups is 1. The molecule has 0 aromatic carbocycles. The second-order valence-corrected chi connectivity index (χ2v) is 8.62. The van der Waals surface area contributed by atoms with Crippen molar-refractivity contribution in [1.29, 1.82) is 0 Å². The molecule has 148 valence electrons. The van der Waals surface area contributed by atoms with E-state index in [-0.39, 0.29) is 18.3 Å². The number of aryl methyl sites for hydroxylation is 2. The maximum Gasteiger partial charge on any atom is 0.220 e. The van der Waals surface area contributed by atoms with Gasteiger partial charge in [0.05, 0.1) is 11.4 Å². The van der Waals surface area contributed by atoms with Crippen LogP contribution in [-0.4, -0.2) is 39.8 Å². The van der Waals surface area contributed by atoms with Crippen molar-refractivity contribution in [3.05, 3.63) is 17.5 Å². The molecule has 0 unspecified atom stereocenters. The number of aromatic nitrogens is 2. The molecule has 0 spiro atoms. The fourth-order valence-electron chi connectivity index (χ4n) is 3.66. The molecule has 1 saturated carbocycles. The molecule has 1 aromatic heterocycles. The van der Waals surface area contributed by atoms with Crippen LogP contribution in [0.3, 0.4) is 0 Å². The zero-order valence-corrected chi connectivity index (χ0v) is 17.3. The number of halogens is 1. The second-order valence-electron chi connectivity index (χ2n) is 7.21. The van der Waals surface area contributed by atoms with Crippen molar-refractivity contribution in [3.8, 4) is 0 Å². The van der Waals surface area contributed by atoms with Crippen molar-refractivity contribution >= 4 is 30.1 Å². The van der Waals surface area contributed by atoms with Gasteiger partial charge in [0.25, 0.3) is 0 Å². The van der Waals surface area contributed by atoms with Crippen LogP contribution >= 0.6 is 24.2 Å². The zero-order chi connectivity index (χ0) is 17.3. The molecular weight excluding hydrogens is 368 g/mol. The number of carbonyl (C=O) groups is 1. The molecule has 26 heavy (non-hydrogen) atoms. The van der Waals surface area contributed by atoms with Gasteiger partial charge < -0.3 is 10.6 Å². The van der Waals surface area contributed by atoms with Crippen LogP contribution in [0.1, 0.15) is 62.8 Å². The standard InChI is InChI=1S/C19H32N4OS.ClH/c24-19(21-11-5-13-25-18-6-2-1-3-7-18)9-8-16-14-17-15-20-10-4-12-23(17)22-16;/h14,18,20H,1-13,15H2,(H,21,24);1H. The van der Waals surface area contributed by atoms with Crippen LogP contribution in [-0.2, 0) is 24.3 Å². The first-order chi connectivity index (χ1) is 12.3. The van der Waals surface area contributed by atoms with Gasteiger partial charge in [-0.05, 0) is 44.0 Å². The Hall–Kier alpha value is -0.720. The molecule has 7 heteroatoms. The molecule has 2 N–H and O–H groups in total. The van der Waals surface area contributed by atoms with Gasteiger partial charge >= 0.3 is 0 Å². The maximum atomic E-state index is 12.0. The number of hydrogen-bond donors (Lipinski definition) is 2. The average molecular weight is 401 g/mol. The van der Waals surface area contributed by atoms with E-state index >= 15 is 0 Å². The van der Waals surface area contributed by atoms with Gasteiger partial charge in [-0.1, -0.05) is 19.3 Å². The van der Waals surface area contributed by atoms with Gasteiger partial charge in [-0.2, -0.15) is 16.9 Å². The lowest BCUT2D eigenvalue weighted by Gasteiger charge is -2.20. The average Bonchev–Trinajstić information content (AvgIpc) is 2.90. The van der Waals surface area contributed by atoms with E-state index in [0.717, 1.165) is 56.4 Å². The summed E-state index contributed by atoms with van der Waals surface area (Å²) < 4.78 is 2.09. The Balaban J connectivity index is 0.00000243. The number of rotatable bonds is 8. The minimum absolute atomic E-state index is 0. The Labute approximate surface area is 167 Å². The predicted molar refractivity (Wildman–Crippen MR) is 111 cm³/mol. The molecule has 1 aliphatic heterocycles. The van der Waals surface area contributed by atoms with E-state index in [9.17, 15) is 4.79 Å². The van der Waals surface area contributed by atoms with E-state index in [1.54, 1.807) is 0 Å². The number of hydrogen-bond acceptors (Lipinski definition) is 4. The van der Waals surface area contributed by atoms with E-state index in [4.69, 9.17) is 0 Å². The summed E-state index contributed by atoms with van der Waals surface area (Å²) in [5, 5.41) is 12.0. The summed E-state index contributed by atoms with van der Waals surface area (Å²) in [5.41, 5.74) is 2.29. The van der Waals surface area contributed by atoms with Gasteiger partial charge in [0.15, 0.2) is 0 Å². The van der Waals surface area contributed by atoms with Crippen LogP contribution in [0.2, 0.25) is 0 Å². The summed E-state index contributed by atoms with van der Waals surface area (Å²) >= 11 is 2.11. The molecule has 0 radical (unpaired) electrons. The maximum absolute atomic E-state index is 12.0. The normalized spacial score (nSPS) is 17.8. The van der Waals surface area contributed by atoms with E-state index in [2.05, 4.69) is 38.2 Å². The van der Waals surface area contributed by atoms with E-state index in [0.29, 0.717) is 6.42 Å². The molecule has 2 aliphatic rings. The summed E-state index contributed by atoms with van der Waals surface area (Å²) in [5.74, 6) is 1.33. The molecule has 5 nitrogen and oxygen atoms in total. The Morgan fingerprint density at radius 3 is 3.00 bits per heavy atom. The molecule has 0 bridgehead atoms. The lowest BCUT2D eigenvalue weighted by atomic mass is 10.0. The molecule has 2 heterocycles. The Bertz CT molecular complexity index is 522. The summed E-state index contributed by atoms with van der Waals surface area (Å²) in [4.78, 5) is 12.0. The molecule has 0 saturated heterocycles. The van der Waals surface area contributed by atoms with E-state index in [1.165, 1.54) is 43.6 Å². The van der Waals surface area contributed by atoms with Crippen LogP contribution in [0.4, 0.5) is 0 Å². The first-order valence-corrected chi connectivity index (χ1v) is 11.0. The lowest BCUT2D eigenvalue weighted by Crippen LogP contribution is -2.25. The smallest absolute Gasteiger partial charge is 0.220 e. The number of fused-ring (bicyclic) bond motifs is 1. The largest absolute Gasteiger partial charge is 0.356 e. The molecule has 1 aromatic rings. The van der Waals surface area contributed by atoms with Gasteiger partial charge in [-0.15, -0.1) is 12.4 Å². The number of nitrogens with zero attached hydrogens (tertiary/aromatic N) is 2. The van der Waals surface area contributed by atoms with Crippen molar-refractivity contribution in [1.82, 2.24) is 20.4 Å². The Morgan fingerprint density at radius 1 is 1.31 bits per heavy atom. The highest BCUT2D eigenvalue weighted by Gasteiger charge is 2.14.